The summed E-state index contributed by atoms with van der Waals surface area (Å²) in [6.07, 6.45) is 1.39. The van der Waals surface area contributed by atoms with E-state index in [0.717, 1.165) is 4.31 Å². The number of anilines is 1. The van der Waals surface area contributed by atoms with Crippen molar-refractivity contribution in [3.63, 3.8) is 0 Å². The van der Waals surface area contributed by atoms with Gasteiger partial charge in [0.25, 0.3) is 5.91 Å². The van der Waals surface area contributed by atoms with Crippen molar-refractivity contribution in [3.8, 4) is 11.4 Å². The molecule has 0 atom stereocenters. The molecule has 2 heterocycles. The smallest absolute Gasteiger partial charge is 0.267 e. The molecule has 28 heavy (non-hydrogen) atoms. The lowest BCUT2D eigenvalue weighted by Crippen LogP contribution is -2.23. The number of sulfonamides is 1. The first-order valence-corrected chi connectivity index (χ1v) is 10.5. The normalized spacial score (nSPS) is 11.6. The van der Waals surface area contributed by atoms with Crippen LogP contribution in [0.25, 0.3) is 5.69 Å². The Morgan fingerprint density at radius 3 is 2.75 bits per heavy atom. The maximum atomic E-state index is 12.7. The molecule has 0 saturated carbocycles. The molecule has 0 saturated heterocycles. The summed E-state index contributed by atoms with van der Waals surface area (Å²) in [5, 5.41) is 15.4. The van der Waals surface area contributed by atoms with Crippen LogP contribution in [0.4, 0.5) is 5.69 Å². The zero-order valence-electron chi connectivity index (χ0n) is 15.4. The van der Waals surface area contributed by atoms with Crippen LogP contribution >= 0.6 is 11.3 Å². The van der Waals surface area contributed by atoms with Crippen LogP contribution in [0.1, 0.15) is 16.6 Å². The zero-order valence-corrected chi connectivity index (χ0v) is 17.0. The van der Waals surface area contributed by atoms with Crippen molar-refractivity contribution in [2.45, 2.75) is 11.8 Å². The number of thiophene rings is 1. The Labute approximate surface area is 165 Å². The molecule has 0 aliphatic rings. The molecule has 0 aliphatic carbocycles. The number of nitrogens with one attached hydrogen (secondary N) is 1. The van der Waals surface area contributed by atoms with Gasteiger partial charge in [0.2, 0.25) is 10.0 Å². The Kier molecular flexibility index (Phi) is 5.72. The first-order chi connectivity index (χ1) is 13.3. The molecule has 1 N–H and O–H groups in total. The van der Waals surface area contributed by atoms with Gasteiger partial charge in [-0.1, -0.05) is 0 Å². The van der Waals surface area contributed by atoms with E-state index in [2.05, 4.69) is 20.8 Å². The summed E-state index contributed by atoms with van der Waals surface area (Å²) in [5.41, 5.74) is 0.851. The Morgan fingerprint density at radius 1 is 1.32 bits per heavy atom. The topological polar surface area (TPSA) is 119 Å². The van der Waals surface area contributed by atoms with Gasteiger partial charge < -0.3 is 10.1 Å². The van der Waals surface area contributed by atoms with E-state index >= 15 is 0 Å². The summed E-state index contributed by atoms with van der Waals surface area (Å²) in [7, 11) is -0.895. The largest absolute Gasteiger partial charge is 0.492 e. The van der Waals surface area contributed by atoms with Gasteiger partial charge in [-0.25, -0.2) is 12.7 Å². The molecule has 12 heteroatoms. The van der Waals surface area contributed by atoms with Gasteiger partial charge >= 0.3 is 0 Å². The van der Waals surface area contributed by atoms with E-state index in [1.165, 1.54) is 48.6 Å². The molecule has 0 radical (unpaired) electrons. The minimum absolute atomic E-state index is 0.0240. The predicted molar refractivity (Wildman–Crippen MR) is 103 cm³/mol. The summed E-state index contributed by atoms with van der Waals surface area (Å²) in [6.45, 7) is 2.07. The second-order valence-corrected chi connectivity index (χ2v) is 8.76. The van der Waals surface area contributed by atoms with Crippen LogP contribution in [-0.4, -0.2) is 59.5 Å². The van der Waals surface area contributed by atoms with Crippen LogP contribution in [0.15, 0.2) is 40.9 Å². The summed E-state index contributed by atoms with van der Waals surface area (Å²) in [4.78, 5) is 13.1. The highest BCUT2D eigenvalue weighted by Crippen LogP contribution is 2.30. The Bertz CT molecular complexity index is 1080. The molecule has 3 rings (SSSR count). The lowest BCUT2D eigenvalue weighted by atomic mass is 10.3. The number of aromatic nitrogens is 4. The maximum Gasteiger partial charge on any atom is 0.267 e. The average Bonchev–Trinajstić information content (AvgIpc) is 3.34. The van der Waals surface area contributed by atoms with Crippen LogP contribution < -0.4 is 10.1 Å². The molecule has 10 nitrogen and oxygen atoms in total. The summed E-state index contributed by atoms with van der Waals surface area (Å²) >= 11 is 1.22. The number of tetrazole rings is 1. The Hall–Kier alpha value is -2.83. The SMILES string of the molecule is CCOc1ccc(NC(=O)c2sccc2-n2cnnn2)cc1S(=O)(=O)N(C)C. The molecule has 3 aromatic rings. The number of nitrogens with zero attached hydrogens (tertiary/aromatic N) is 5. The van der Waals surface area contributed by atoms with Gasteiger partial charge in [-0.05, 0) is 47.0 Å². The molecular formula is C16H18N6O4S2. The number of rotatable bonds is 7. The van der Waals surface area contributed by atoms with Crippen molar-refractivity contribution in [3.05, 3.63) is 40.8 Å². The first-order valence-electron chi connectivity index (χ1n) is 8.16. The average molecular weight is 422 g/mol. The number of carbonyl (C=O) groups is 1. The van der Waals surface area contributed by atoms with E-state index in [0.29, 0.717) is 22.9 Å². The van der Waals surface area contributed by atoms with E-state index in [9.17, 15) is 13.2 Å². The van der Waals surface area contributed by atoms with Crippen LogP contribution in [0, 0.1) is 0 Å². The highest BCUT2D eigenvalue weighted by Gasteiger charge is 2.24. The van der Waals surface area contributed by atoms with Crippen LogP contribution in [0.3, 0.4) is 0 Å². The van der Waals surface area contributed by atoms with Gasteiger partial charge in [0.15, 0.2) is 0 Å². The fraction of sp³-hybridized carbons (Fsp3) is 0.250. The molecular weight excluding hydrogens is 404 g/mol. The zero-order chi connectivity index (χ0) is 20.3. The van der Waals surface area contributed by atoms with Gasteiger partial charge in [-0.15, -0.1) is 16.4 Å². The van der Waals surface area contributed by atoms with Crippen molar-refractivity contribution in [1.29, 1.82) is 0 Å². The number of ether oxygens (including phenoxy) is 1. The third-order valence-corrected chi connectivity index (χ3v) is 6.45. The molecule has 0 aliphatic heterocycles. The quantitative estimate of drug-likeness (QED) is 0.614. The third-order valence-electron chi connectivity index (χ3n) is 3.71. The monoisotopic (exact) mass is 422 g/mol. The second-order valence-electron chi connectivity index (χ2n) is 5.73. The number of hydrogen-bond donors (Lipinski definition) is 1. The predicted octanol–water partition coefficient (Wildman–Crippen LogP) is 1.63. The Morgan fingerprint density at radius 2 is 2.11 bits per heavy atom. The molecule has 2 aromatic heterocycles. The minimum atomic E-state index is -3.76. The highest BCUT2D eigenvalue weighted by molar-refractivity contribution is 7.89. The van der Waals surface area contributed by atoms with E-state index in [-0.39, 0.29) is 10.6 Å². The van der Waals surface area contributed by atoms with Crippen molar-refractivity contribution < 1.29 is 17.9 Å². The van der Waals surface area contributed by atoms with Crippen LogP contribution in [-0.2, 0) is 10.0 Å². The highest BCUT2D eigenvalue weighted by atomic mass is 32.2. The van der Waals surface area contributed by atoms with Gasteiger partial charge in [0.05, 0.1) is 12.3 Å². The molecule has 1 aromatic carbocycles. The lowest BCUT2D eigenvalue weighted by molar-refractivity contribution is 0.103. The molecule has 148 valence electrons. The van der Waals surface area contributed by atoms with Gasteiger partial charge in [-0.2, -0.15) is 4.68 Å². The van der Waals surface area contributed by atoms with Crippen molar-refractivity contribution in [2.75, 3.05) is 26.0 Å². The number of carbonyl (C=O) groups excluding carboxylic acids is 1. The number of hydrogen-bond acceptors (Lipinski definition) is 8. The standard InChI is InChI=1S/C16H18N6O4S2/c1-4-26-13-6-5-11(9-14(13)28(24,25)21(2)3)18-16(23)15-12(7-8-27-15)22-10-17-19-20-22/h5-10H,4H2,1-3H3,(H,18,23). The maximum absolute atomic E-state index is 12.7. The molecule has 0 bridgehead atoms. The van der Waals surface area contributed by atoms with E-state index in [1.807, 2.05) is 0 Å². The van der Waals surface area contributed by atoms with Crippen LogP contribution in [0.5, 0.6) is 5.75 Å². The summed E-state index contributed by atoms with van der Waals surface area (Å²) in [5.74, 6) is -0.183. The fourth-order valence-electron chi connectivity index (χ4n) is 2.37. The minimum Gasteiger partial charge on any atom is -0.492 e. The fourth-order valence-corrected chi connectivity index (χ4v) is 4.20. The van der Waals surface area contributed by atoms with Crippen LogP contribution in [0.2, 0.25) is 0 Å². The summed E-state index contributed by atoms with van der Waals surface area (Å²) in [6, 6.07) is 6.20. The first kappa shape index (κ1) is 19.9. The van der Waals surface area contributed by atoms with E-state index in [1.54, 1.807) is 24.4 Å². The number of amides is 1. The third kappa shape index (κ3) is 3.88. The lowest BCUT2D eigenvalue weighted by Gasteiger charge is -2.16. The molecule has 0 fully saturated rings. The van der Waals surface area contributed by atoms with Crippen molar-refractivity contribution >= 4 is 33.0 Å². The second kappa shape index (κ2) is 8.04. The molecule has 0 unspecified atom stereocenters. The molecule has 1 amide bonds. The summed E-state index contributed by atoms with van der Waals surface area (Å²) < 4.78 is 33.1. The van der Waals surface area contributed by atoms with E-state index in [4.69, 9.17) is 4.74 Å². The van der Waals surface area contributed by atoms with E-state index < -0.39 is 15.9 Å². The van der Waals surface area contributed by atoms with Crippen molar-refractivity contribution in [2.24, 2.45) is 0 Å². The number of benzene rings is 1. The Balaban J connectivity index is 1.93. The van der Waals surface area contributed by atoms with Gasteiger partial charge in [0.1, 0.15) is 21.8 Å². The van der Waals surface area contributed by atoms with Gasteiger partial charge in [0, 0.05) is 19.8 Å². The van der Waals surface area contributed by atoms with Crippen molar-refractivity contribution in [1.82, 2.24) is 24.5 Å². The van der Waals surface area contributed by atoms with Gasteiger partial charge in [-0.3, -0.25) is 4.79 Å². The molecule has 0 spiro atoms.